The minimum Gasteiger partial charge on any atom is -0.396 e. The van der Waals surface area contributed by atoms with Crippen LogP contribution in [0.2, 0.25) is 0 Å². The number of nitrogens with one attached hydrogen (secondary N) is 1. The van der Waals surface area contributed by atoms with Crippen molar-refractivity contribution in [2.24, 2.45) is 5.92 Å². The highest BCUT2D eigenvalue weighted by Crippen LogP contribution is 2.27. The summed E-state index contributed by atoms with van der Waals surface area (Å²) in [4.78, 5) is -0.931. The Bertz CT molecular complexity index is 606. The molecule has 0 bridgehead atoms. The summed E-state index contributed by atoms with van der Waals surface area (Å²) < 4.78 is 65.7. The van der Waals surface area contributed by atoms with Crippen LogP contribution in [0.25, 0.3) is 0 Å². The molecule has 1 aromatic rings. The molecule has 2 N–H and O–H groups in total. The molecule has 0 saturated heterocycles. The summed E-state index contributed by atoms with van der Waals surface area (Å²) >= 11 is 0. The fourth-order valence-electron chi connectivity index (χ4n) is 2.39. The molecule has 8 heteroatoms. The van der Waals surface area contributed by atoms with Gasteiger partial charge in [-0.3, -0.25) is 0 Å². The molecule has 2 rings (SSSR count). The van der Waals surface area contributed by atoms with E-state index in [1.165, 1.54) is 0 Å². The van der Waals surface area contributed by atoms with Gasteiger partial charge in [0.25, 0.3) is 0 Å². The average molecular weight is 309 g/mol. The first-order valence-electron chi connectivity index (χ1n) is 6.13. The van der Waals surface area contributed by atoms with E-state index < -0.39 is 38.4 Å². The molecular weight excluding hydrogens is 295 g/mol. The number of hydrogen-bond acceptors (Lipinski definition) is 3. The number of halogens is 3. The Balaban J connectivity index is 2.29. The maximum absolute atomic E-state index is 13.5. The lowest BCUT2D eigenvalue weighted by Gasteiger charge is -2.19. The van der Waals surface area contributed by atoms with Gasteiger partial charge in [0, 0.05) is 12.6 Å². The molecule has 1 aliphatic carbocycles. The van der Waals surface area contributed by atoms with Gasteiger partial charge in [-0.25, -0.2) is 26.3 Å². The first-order chi connectivity index (χ1) is 9.36. The topological polar surface area (TPSA) is 66.4 Å². The van der Waals surface area contributed by atoms with Crippen molar-refractivity contribution in [2.45, 2.75) is 30.2 Å². The zero-order valence-electron chi connectivity index (χ0n) is 10.4. The first-order valence-corrected chi connectivity index (χ1v) is 7.62. The second-order valence-electron chi connectivity index (χ2n) is 4.77. The van der Waals surface area contributed by atoms with E-state index in [-0.39, 0.29) is 12.5 Å². The van der Waals surface area contributed by atoms with Gasteiger partial charge in [0.05, 0.1) is 0 Å². The number of hydrogen-bond donors (Lipinski definition) is 2. The van der Waals surface area contributed by atoms with Crippen molar-refractivity contribution in [1.82, 2.24) is 4.72 Å². The maximum atomic E-state index is 13.5. The standard InChI is InChI=1S/C12H14F3NO3S/c13-8-4-5-10(12(15)11(8)14)20(18,19)16-9-3-1-2-7(9)6-17/h4-5,7,9,16-17H,1-3,6H2. The highest BCUT2D eigenvalue weighted by atomic mass is 32.2. The van der Waals surface area contributed by atoms with Crippen LogP contribution in [0.1, 0.15) is 19.3 Å². The highest BCUT2D eigenvalue weighted by Gasteiger charge is 2.32. The molecule has 1 fully saturated rings. The van der Waals surface area contributed by atoms with Gasteiger partial charge in [-0.15, -0.1) is 0 Å². The van der Waals surface area contributed by atoms with Crippen molar-refractivity contribution < 1.29 is 26.7 Å². The fraction of sp³-hybridized carbons (Fsp3) is 0.500. The normalized spacial score (nSPS) is 23.2. The third kappa shape index (κ3) is 2.82. The molecule has 0 radical (unpaired) electrons. The number of sulfonamides is 1. The van der Waals surface area contributed by atoms with E-state index >= 15 is 0 Å². The number of rotatable bonds is 4. The largest absolute Gasteiger partial charge is 0.396 e. The molecular formula is C12H14F3NO3S. The van der Waals surface area contributed by atoms with Crippen LogP contribution in [0.3, 0.4) is 0 Å². The number of benzene rings is 1. The number of aliphatic hydroxyl groups excluding tert-OH is 1. The summed E-state index contributed by atoms with van der Waals surface area (Å²) in [6.07, 6.45) is 1.90. The molecule has 2 atom stereocenters. The van der Waals surface area contributed by atoms with E-state index in [1.807, 2.05) is 0 Å². The molecule has 1 aliphatic rings. The maximum Gasteiger partial charge on any atom is 0.243 e. The molecule has 4 nitrogen and oxygen atoms in total. The summed E-state index contributed by atoms with van der Waals surface area (Å²) in [5.74, 6) is -5.26. The first kappa shape index (κ1) is 15.3. The zero-order chi connectivity index (χ0) is 14.9. The Morgan fingerprint density at radius 2 is 1.90 bits per heavy atom. The summed E-state index contributed by atoms with van der Waals surface area (Å²) in [5.41, 5.74) is 0. The SMILES string of the molecule is O=S(=O)(NC1CCCC1CO)c1ccc(F)c(F)c1F. The molecule has 0 heterocycles. The molecule has 2 unspecified atom stereocenters. The monoisotopic (exact) mass is 309 g/mol. The summed E-state index contributed by atoms with van der Waals surface area (Å²) in [6.45, 7) is -0.187. The van der Waals surface area contributed by atoms with Crippen molar-refractivity contribution in [3.8, 4) is 0 Å². The minimum absolute atomic E-state index is 0.187. The summed E-state index contributed by atoms with van der Waals surface area (Å²) in [5, 5.41) is 9.12. The summed E-state index contributed by atoms with van der Waals surface area (Å²) in [6, 6.07) is 0.710. The average Bonchev–Trinajstić information content (AvgIpc) is 2.82. The van der Waals surface area contributed by atoms with Gasteiger partial charge in [-0.2, -0.15) is 0 Å². The van der Waals surface area contributed by atoms with Crippen LogP contribution >= 0.6 is 0 Å². The lowest BCUT2D eigenvalue weighted by molar-refractivity contribution is 0.213. The Hall–Kier alpha value is -1.12. The fourth-order valence-corrected chi connectivity index (χ4v) is 3.80. The Morgan fingerprint density at radius 3 is 2.55 bits per heavy atom. The second kappa shape index (κ2) is 5.71. The lowest BCUT2D eigenvalue weighted by Crippen LogP contribution is -2.38. The van der Waals surface area contributed by atoms with Crippen molar-refractivity contribution in [1.29, 1.82) is 0 Å². The molecule has 0 aliphatic heterocycles. The van der Waals surface area contributed by atoms with Gasteiger partial charge in [-0.1, -0.05) is 6.42 Å². The Kier molecular flexibility index (Phi) is 4.36. The van der Waals surface area contributed by atoms with Crippen molar-refractivity contribution in [3.05, 3.63) is 29.6 Å². The third-order valence-corrected chi connectivity index (χ3v) is 5.00. The van der Waals surface area contributed by atoms with Crippen molar-refractivity contribution >= 4 is 10.0 Å². The van der Waals surface area contributed by atoms with Crippen LogP contribution in [0.4, 0.5) is 13.2 Å². The molecule has 112 valence electrons. The van der Waals surface area contributed by atoms with Crippen molar-refractivity contribution in [3.63, 3.8) is 0 Å². The van der Waals surface area contributed by atoms with Gasteiger partial charge < -0.3 is 5.11 Å². The Labute approximate surface area is 114 Å². The predicted octanol–water partition coefficient (Wildman–Crippen LogP) is 1.54. The zero-order valence-corrected chi connectivity index (χ0v) is 11.3. The minimum atomic E-state index is -4.30. The van der Waals surface area contributed by atoms with Gasteiger partial charge in [0.1, 0.15) is 4.90 Å². The number of aliphatic hydroxyl groups is 1. The molecule has 1 aromatic carbocycles. The smallest absolute Gasteiger partial charge is 0.243 e. The lowest BCUT2D eigenvalue weighted by atomic mass is 10.1. The van der Waals surface area contributed by atoms with Crippen LogP contribution in [0, 0.1) is 23.4 Å². The van der Waals surface area contributed by atoms with Crippen LogP contribution < -0.4 is 4.72 Å². The van der Waals surface area contributed by atoms with E-state index in [2.05, 4.69) is 4.72 Å². The Morgan fingerprint density at radius 1 is 1.20 bits per heavy atom. The molecule has 1 saturated carbocycles. The van der Waals surface area contributed by atoms with Crippen molar-refractivity contribution in [2.75, 3.05) is 6.61 Å². The van der Waals surface area contributed by atoms with E-state index in [9.17, 15) is 21.6 Å². The molecule has 0 aromatic heterocycles. The third-order valence-electron chi connectivity index (χ3n) is 3.49. The highest BCUT2D eigenvalue weighted by molar-refractivity contribution is 7.89. The molecule has 0 spiro atoms. The van der Waals surface area contributed by atoms with E-state index in [1.54, 1.807) is 0 Å². The predicted molar refractivity (Wildman–Crippen MR) is 64.9 cm³/mol. The van der Waals surface area contributed by atoms with Crippen LogP contribution in [-0.4, -0.2) is 26.2 Å². The van der Waals surface area contributed by atoms with E-state index in [0.717, 1.165) is 6.42 Å². The summed E-state index contributed by atoms with van der Waals surface area (Å²) in [7, 11) is -4.30. The van der Waals surface area contributed by atoms with Crippen LogP contribution in [-0.2, 0) is 10.0 Å². The van der Waals surface area contributed by atoms with Crippen LogP contribution in [0.15, 0.2) is 17.0 Å². The molecule has 20 heavy (non-hydrogen) atoms. The van der Waals surface area contributed by atoms with Gasteiger partial charge in [0.2, 0.25) is 10.0 Å². The van der Waals surface area contributed by atoms with Gasteiger partial charge in [0.15, 0.2) is 17.5 Å². The van der Waals surface area contributed by atoms with Gasteiger partial charge in [-0.05, 0) is 30.9 Å². The van der Waals surface area contributed by atoms with Crippen LogP contribution in [0.5, 0.6) is 0 Å². The van der Waals surface area contributed by atoms with E-state index in [4.69, 9.17) is 5.11 Å². The second-order valence-corrected chi connectivity index (χ2v) is 6.46. The molecule has 0 amide bonds. The van der Waals surface area contributed by atoms with Gasteiger partial charge >= 0.3 is 0 Å². The van der Waals surface area contributed by atoms with E-state index in [0.29, 0.717) is 25.0 Å². The quantitative estimate of drug-likeness (QED) is 0.829.